The van der Waals surface area contributed by atoms with E-state index in [1.54, 1.807) is 4.90 Å². The summed E-state index contributed by atoms with van der Waals surface area (Å²) >= 11 is 0. The van der Waals surface area contributed by atoms with Crippen LogP contribution in [0.4, 0.5) is 0 Å². The third-order valence-corrected chi connectivity index (χ3v) is 5.06. The Bertz CT molecular complexity index is 890. The van der Waals surface area contributed by atoms with Crippen LogP contribution in [0.5, 0.6) is 0 Å². The lowest BCUT2D eigenvalue weighted by Crippen LogP contribution is -2.36. The molecule has 3 rings (SSSR count). The van der Waals surface area contributed by atoms with Gasteiger partial charge in [-0.1, -0.05) is 41.6 Å². The number of carbonyl (C=O) groups excluding carboxylic acids is 2. The molecule has 1 unspecified atom stereocenters. The van der Waals surface area contributed by atoms with Gasteiger partial charge in [-0.3, -0.25) is 9.59 Å². The molecule has 0 saturated carbocycles. The molecular formula is C22H25N3O3. The molecule has 2 aromatic carbocycles. The number of likely N-dealkylation sites (tertiary alicyclic amines) is 1. The first-order valence-electron chi connectivity index (χ1n) is 9.34. The van der Waals surface area contributed by atoms with Crippen LogP contribution in [0.2, 0.25) is 0 Å². The fourth-order valence-electron chi connectivity index (χ4n) is 3.63. The van der Waals surface area contributed by atoms with Crippen molar-refractivity contribution in [1.82, 2.24) is 4.90 Å². The van der Waals surface area contributed by atoms with Crippen LogP contribution in [0, 0.1) is 6.92 Å². The molecule has 1 saturated heterocycles. The van der Waals surface area contributed by atoms with Crippen molar-refractivity contribution >= 4 is 17.5 Å². The Labute approximate surface area is 165 Å². The molecule has 0 bridgehead atoms. The molecule has 0 aromatic heterocycles. The van der Waals surface area contributed by atoms with E-state index in [1.807, 2.05) is 36.4 Å². The van der Waals surface area contributed by atoms with Gasteiger partial charge in [0.25, 0.3) is 5.91 Å². The van der Waals surface area contributed by atoms with Crippen LogP contribution in [-0.2, 0) is 9.63 Å². The standard InChI is InChI=1S/C22H25N3O3/c1-15-5-3-4-6-20(15)16-7-9-17(10-8-16)22(27)25-14-18(24-28-2)13-19(25)11-12-21(23)26/h3-10,19H,11-14H2,1-2H3,(H2,23,26). The van der Waals surface area contributed by atoms with Gasteiger partial charge in [0.15, 0.2) is 0 Å². The monoisotopic (exact) mass is 379 g/mol. The molecular weight excluding hydrogens is 354 g/mol. The van der Waals surface area contributed by atoms with Gasteiger partial charge in [0.05, 0.1) is 12.3 Å². The number of oxime groups is 1. The quantitative estimate of drug-likeness (QED) is 0.783. The summed E-state index contributed by atoms with van der Waals surface area (Å²) < 4.78 is 0. The summed E-state index contributed by atoms with van der Waals surface area (Å²) in [5.74, 6) is -0.445. The molecule has 1 fully saturated rings. The first kappa shape index (κ1) is 19.6. The zero-order valence-electron chi connectivity index (χ0n) is 16.2. The molecule has 2 N–H and O–H groups in total. The van der Waals surface area contributed by atoms with Gasteiger partial charge in [0.2, 0.25) is 5.91 Å². The lowest BCUT2D eigenvalue weighted by molar-refractivity contribution is -0.118. The third kappa shape index (κ3) is 4.39. The van der Waals surface area contributed by atoms with Gasteiger partial charge in [0.1, 0.15) is 7.11 Å². The second-order valence-corrected chi connectivity index (χ2v) is 7.03. The number of primary amides is 1. The van der Waals surface area contributed by atoms with E-state index in [0.717, 1.165) is 16.8 Å². The molecule has 28 heavy (non-hydrogen) atoms. The Kier molecular flexibility index (Phi) is 6.09. The second kappa shape index (κ2) is 8.69. The molecule has 1 atom stereocenters. The molecule has 6 nitrogen and oxygen atoms in total. The van der Waals surface area contributed by atoms with Crippen LogP contribution in [0.25, 0.3) is 11.1 Å². The zero-order valence-corrected chi connectivity index (χ0v) is 16.2. The van der Waals surface area contributed by atoms with Crippen molar-refractivity contribution in [3.05, 3.63) is 59.7 Å². The van der Waals surface area contributed by atoms with Crippen LogP contribution in [0.1, 0.15) is 35.2 Å². The minimum atomic E-state index is -0.368. The predicted octanol–water partition coefficient (Wildman–Crippen LogP) is 3.14. The molecule has 0 radical (unpaired) electrons. The third-order valence-electron chi connectivity index (χ3n) is 5.06. The van der Waals surface area contributed by atoms with E-state index >= 15 is 0 Å². The minimum absolute atomic E-state index is 0.0768. The Balaban J connectivity index is 1.80. The molecule has 0 spiro atoms. The molecule has 2 amide bonds. The molecule has 1 aliphatic heterocycles. The van der Waals surface area contributed by atoms with Gasteiger partial charge in [-0.15, -0.1) is 0 Å². The zero-order chi connectivity index (χ0) is 20.1. The fourth-order valence-corrected chi connectivity index (χ4v) is 3.63. The normalized spacial score (nSPS) is 17.7. The number of benzene rings is 2. The maximum Gasteiger partial charge on any atom is 0.254 e. The molecule has 0 aliphatic carbocycles. The maximum atomic E-state index is 13.1. The molecule has 2 aromatic rings. The van der Waals surface area contributed by atoms with Crippen LogP contribution < -0.4 is 5.73 Å². The van der Waals surface area contributed by atoms with Crippen LogP contribution in [-0.4, -0.2) is 42.1 Å². The first-order valence-corrected chi connectivity index (χ1v) is 9.34. The average Bonchev–Trinajstić information content (AvgIpc) is 3.09. The second-order valence-electron chi connectivity index (χ2n) is 7.03. The highest BCUT2D eigenvalue weighted by Gasteiger charge is 2.33. The number of nitrogens with two attached hydrogens (primary N) is 1. The number of rotatable bonds is 6. The Morgan fingerprint density at radius 2 is 1.89 bits per heavy atom. The van der Waals surface area contributed by atoms with Crippen molar-refractivity contribution in [2.45, 2.75) is 32.2 Å². The van der Waals surface area contributed by atoms with Crippen molar-refractivity contribution in [2.75, 3.05) is 13.7 Å². The number of nitrogens with zero attached hydrogens (tertiary/aromatic N) is 2. The highest BCUT2D eigenvalue weighted by molar-refractivity contribution is 6.00. The van der Waals surface area contributed by atoms with Crippen molar-refractivity contribution < 1.29 is 14.4 Å². The Morgan fingerprint density at radius 1 is 1.18 bits per heavy atom. The topological polar surface area (TPSA) is 85.0 Å². The van der Waals surface area contributed by atoms with Gasteiger partial charge >= 0.3 is 0 Å². The summed E-state index contributed by atoms with van der Waals surface area (Å²) in [6.07, 6.45) is 1.35. The van der Waals surface area contributed by atoms with Crippen molar-refractivity contribution in [3.8, 4) is 11.1 Å². The Morgan fingerprint density at radius 3 is 2.54 bits per heavy atom. The summed E-state index contributed by atoms with van der Waals surface area (Å²) in [7, 11) is 1.49. The maximum absolute atomic E-state index is 13.1. The van der Waals surface area contributed by atoms with Crippen LogP contribution >= 0.6 is 0 Å². The van der Waals surface area contributed by atoms with E-state index in [2.05, 4.69) is 24.2 Å². The lowest BCUT2D eigenvalue weighted by atomic mass is 9.99. The van der Waals surface area contributed by atoms with Crippen molar-refractivity contribution in [1.29, 1.82) is 0 Å². The number of hydrogen-bond donors (Lipinski definition) is 1. The van der Waals surface area contributed by atoms with E-state index < -0.39 is 0 Å². The summed E-state index contributed by atoms with van der Waals surface area (Å²) in [5.41, 5.74) is 10.1. The van der Waals surface area contributed by atoms with Crippen molar-refractivity contribution in [2.24, 2.45) is 10.9 Å². The summed E-state index contributed by atoms with van der Waals surface area (Å²) in [4.78, 5) is 30.9. The van der Waals surface area contributed by atoms with Gasteiger partial charge in [-0.25, -0.2) is 0 Å². The summed E-state index contributed by atoms with van der Waals surface area (Å²) in [5, 5.41) is 4.00. The molecule has 1 aliphatic rings. The molecule has 6 heteroatoms. The number of amides is 2. The van der Waals surface area contributed by atoms with E-state index in [4.69, 9.17) is 10.6 Å². The number of carbonyl (C=O) groups is 2. The highest BCUT2D eigenvalue weighted by atomic mass is 16.6. The van der Waals surface area contributed by atoms with Gasteiger partial charge in [0, 0.05) is 24.4 Å². The first-order chi connectivity index (χ1) is 13.5. The van der Waals surface area contributed by atoms with E-state index in [-0.39, 0.29) is 24.3 Å². The number of hydrogen-bond acceptors (Lipinski definition) is 4. The highest BCUT2D eigenvalue weighted by Crippen LogP contribution is 2.26. The van der Waals surface area contributed by atoms with E-state index in [9.17, 15) is 9.59 Å². The largest absolute Gasteiger partial charge is 0.399 e. The van der Waals surface area contributed by atoms with Crippen LogP contribution in [0.15, 0.2) is 53.7 Å². The summed E-state index contributed by atoms with van der Waals surface area (Å²) in [6.45, 7) is 2.47. The lowest BCUT2D eigenvalue weighted by Gasteiger charge is -2.24. The van der Waals surface area contributed by atoms with Crippen molar-refractivity contribution in [3.63, 3.8) is 0 Å². The molecule has 1 heterocycles. The summed E-state index contributed by atoms with van der Waals surface area (Å²) in [6, 6.07) is 15.7. The minimum Gasteiger partial charge on any atom is -0.399 e. The van der Waals surface area contributed by atoms with E-state index in [1.165, 1.54) is 12.7 Å². The van der Waals surface area contributed by atoms with Gasteiger partial charge in [-0.2, -0.15) is 0 Å². The smallest absolute Gasteiger partial charge is 0.254 e. The van der Waals surface area contributed by atoms with E-state index in [0.29, 0.717) is 24.9 Å². The average molecular weight is 379 g/mol. The Hall–Kier alpha value is -3.15. The van der Waals surface area contributed by atoms with Gasteiger partial charge < -0.3 is 15.5 Å². The van der Waals surface area contributed by atoms with Crippen LogP contribution in [0.3, 0.4) is 0 Å². The predicted molar refractivity (Wildman–Crippen MR) is 109 cm³/mol. The molecule has 146 valence electrons. The van der Waals surface area contributed by atoms with Gasteiger partial charge in [-0.05, 0) is 42.2 Å². The fraction of sp³-hybridized carbons (Fsp3) is 0.318. The SMILES string of the molecule is CON=C1CC(CCC(N)=O)N(C(=O)c2ccc(-c3ccccc3C)cc2)C1. The number of aryl methyl sites for hydroxylation is 1.